The summed E-state index contributed by atoms with van der Waals surface area (Å²) in [4.78, 5) is 7.11. The van der Waals surface area contributed by atoms with Gasteiger partial charge in [0.15, 0.2) is 0 Å². The first-order valence-corrected chi connectivity index (χ1v) is 8.02. The molecule has 5 nitrogen and oxygen atoms in total. The normalized spacial score (nSPS) is 20.7. The predicted molar refractivity (Wildman–Crippen MR) is 83.7 cm³/mol. The fraction of sp³-hybridized carbons (Fsp3) is 0.471. The molecule has 0 amide bonds. The molecule has 1 saturated heterocycles. The molecular formula is C17H19N5. The molecule has 2 aliphatic rings. The number of rotatable bonds is 2. The molecule has 0 aromatic carbocycles. The highest BCUT2D eigenvalue weighted by Crippen LogP contribution is 2.30. The lowest BCUT2D eigenvalue weighted by Gasteiger charge is -2.23. The van der Waals surface area contributed by atoms with Crippen LogP contribution in [0.5, 0.6) is 0 Å². The van der Waals surface area contributed by atoms with Crippen molar-refractivity contribution in [2.24, 2.45) is 0 Å². The first-order chi connectivity index (χ1) is 10.8. The summed E-state index contributed by atoms with van der Waals surface area (Å²) in [7, 11) is 0. The first kappa shape index (κ1) is 13.3. The first-order valence-electron chi connectivity index (χ1n) is 8.02. The number of hydrogen-bond donors (Lipinski definition) is 0. The molecule has 1 atom stereocenters. The molecule has 1 aliphatic carbocycles. The third kappa shape index (κ3) is 2.25. The van der Waals surface area contributed by atoms with Gasteiger partial charge in [0.1, 0.15) is 11.9 Å². The van der Waals surface area contributed by atoms with E-state index in [-0.39, 0.29) is 0 Å². The third-order valence-corrected chi connectivity index (χ3v) is 4.76. The van der Waals surface area contributed by atoms with Gasteiger partial charge in [-0.2, -0.15) is 10.4 Å². The van der Waals surface area contributed by atoms with Gasteiger partial charge in [-0.05, 0) is 49.8 Å². The van der Waals surface area contributed by atoms with E-state index >= 15 is 0 Å². The van der Waals surface area contributed by atoms with Crippen LogP contribution in [0.15, 0.2) is 24.5 Å². The lowest BCUT2D eigenvalue weighted by atomic mass is 9.95. The topological polar surface area (TPSA) is 57.7 Å². The minimum atomic E-state index is 0.374. The van der Waals surface area contributed by atoms with Crippen molar-refractivity contribution in [2.75, 3.05) is 18.0 Å². The number of aryl methyl sites for hydroxylation is 2. The van der Waals surface area contributed by atoms with Crippen molar-refractivity contribution in [2.45, 2.75) is 38.1 Å². The molecule has 4 rings (SSSR count). The van der Waals surface area contributed by atoms with Crippen molar-refractivity contribution in [3.05, 3.63) is 41.3 Å². The molecule has 0 spiro atoms. The van der Waals surface area contributed by atoms with Gasteiger partial charge in [0, 0.05) is 31.2 Å². The molecule has 0 radical (unpaired) electrons. The van der Waals surface area contributed by atoms with Gasteiger partial charge in [0.05, 0.1) is 11.6 Å². The number of anilines is 1. The highest BCUT2D eigenvalue weighted by atomic mass is 15.3. The Hall–Kier alpha value is -2.35. The van der Waals surface area contributed by atoms with Crippen LogP contribution in [0.1, 0.15) is 42.1 Å². The number of fused-ring (bicyclic) bond motifs is 1. The maximum Gasteiger partial charge on any atom is 0.146 e. The second-order valence-electron chi connectivity index (χ2n) is 6.16. The van der Waals surface area contributed by atoms with Crippen molar-refractivity contribution in [3.8, 4) is 6.07 Å². The number of nitriles is 1. The van der Waals surface area contributed by atoms with E-state index in [9.17, 15) is 5.26 Å². The van der Waals surface area contributed by atoms with Crippen LogP contribution in [-0.4, -0.2) is 27.9 Å². The smallest absolute Gasteiger partial charge is 0.146 e. The standard InChI is InChI=1S/C17H19N5/c18-11-14-10-13-4-1-2-5-16(13)20-17(14)21-9-6-15(12-21)22-8-3-7-19-22/h3,7-8,10,15H,1-2,4-6,9,12H2. The van der Waals surface area contributed by atoms with Gasteiger partial charge in [-0.1, -0.05) is 0 Å². The largest absolute Gasteiger partial charge is 0.353 e. The Kier molecular flexibility index (Phi) is 3.30. The second kappa shape index (κ2) is 5.45. The van der Waals surface area contributed by atoms with Crippen LogP contribution in [0.2, 0.25) is 0 Å². The fourth-order valence-corrected chi connectivity index (χ4v) is 3.59. The van der Waals surface area contributed by atoms with Gasteiger partial charge in [-0.15, -0.1) is 0 Å². The Labute approximate surface area is 130 Å². The van der Waals surface area contributed by atoms with Crippen LogP contribution < -0.4 is 4.90 Å². The highest BCUT2D eigenvalue weighted by molar-refractivity contribution is 5.57. The summed E-state index contributed by atoms with van der Waals surface area (Å²) >= 11 is 0. The molecule has 5 heteroatoms. The molecule has 112 valence electrons. The zero-order chi connectivity index (χ0) is 14.9. The zero-order valence-electron chi connectivity index (χ0n) is 12.6. The molecule has 0 saturated carbocycles. The van der Waals surface area contributed by atoms with Crippen molar-refractivity contribution < 1.29 is 0 Å². The predicted octanol–water partition coefficient (Wildman–Crippen LogP) is 2.48. The van der Waals surface area contributed by atoms with Gasteiger partial charge in [0.2, 0.25) is 0 Å². The van der Waals surface area contributed by atoms with Crippen molar-refractivity contribution in [3.63, 3.8) is 0 Å². The summed E-state index contributed by atoms with van der Waals surface area (Å²) in [6.07, 6.45) is 9.41. The van der Waals surface area contributed by atoms with Gasteiger partial charge in [-0.25, -0.2) is 4.98 Å². The lowest BCUT2D eigenvalue weighted by Crippen LogP contribution is -2.24. The summed E-state index contributed by atoms with van der Waals surface area (Å²) in [6.45, 7) is 1.81. The zero-order valence-corrected chi connectivity index (χ0v) is 12.6. The van der Waals surface area contributed by atoms with Crippen LogP contribution in [0.25, 0.3) is 0 Å². The van der Waals surface area contributed by atoms with Crippen molar-refractivity contribution in [1.29, 1.82) is 5.26 Å². The summed E-state index contributed by atoms with van der Waals surface area (Å²) < 4.78 is 2.02. The van der Waals surface area contributed by atoms with Crippen LogP contribution in [0.4, 0.5) is 5.82 Å². The SMILES string of the molecule is N#Cc1cc2c(nc1N1CCC(n3cccn3)C1)CCCC2. The van der Waals surface area contributed by atoms with E-state index in [1.165, 1.54) is 24.1 Å². The Morgan fingerprint density at radius 1 is 1.27 bits per heavy atom. The third-order valence-electron chi connectivity index (χ3n) is 4.76. The number of pyridine rings is 1. The summed E-state index contributed by atoms with van der Waals surface area (Å²) in [5.74, 6) is 0.873. The van der Waals surface area contributed by atoms with Gasteiger partial charge in [-0.3, -0.25) is 4.68 Å². The molecule has 1 unspecified atom stereocenters. The number of aromatic nitrogens is 3. The molecule has 1 aliphatic heterocycles. The van der Waals surface area contributed by atoms with Gasteiger partial charge in [0.25, 0.3) is 0 Å². The monoisotopic (exact) mass is 293 g/mol. The molecule has 1 fully saturated rings. The van der Waals surface area contributed by atoms with Crippen molar-refractivity contribution in [1.82, 2.24) is 14.8 Å². The Morgan fingerprint density at radius 3 is 3.00 bits per heavy atom. The molecule has 2 aromatic rings. The summed E-state index contributed by atoms with van der Waals surface area (Å²) in [6, 6.07) is 6.75. The van der Waals surface area contributed by atoms with Gasteiger partial charge >= 0.3 is 0 Å². The Morgan fingerprint density at radius 2 is 2.18 bits per heavy atom. The minimum Gasteiger partial charge on any atom is -0.353 e. The van der Waals surface area contributed by atoms with Crippen LogP contribution in [0.3, 0.4) is 0 Å². The second-order valence-corrected chi connectivity index (χ2v) is 6.16. The van der Waals surface area contributed by atoms with Crippen molar-refractivity contribution >= 4 is 5.82 Å². The quantitative estimate of drug-likeness (QED) is 0.853. The van der Waals surface area contributed by atoms with Crippen LogP contribution in [-0.2, 0) is 12.8 Å². The summed E-state index contributed by atoms with van der Waals surface area (Å²) in [5.41, 5.74) is 3.19. The number of hydrogen-bond acceptors (Lipinski definition) is 4. The van der Waals surface area contributed by atoms with E-state index in [2.05, 4.69) is 22.1 Å². The van der Waals surface area contributed by atoms with Gasteiger partial charge < -0.3 is 4.90 Å². The van der Waals surface area contributed by atoms with E-state index in [0.717, 1.165) is 43.7 Å². The Bertz CT molecular complexity index is 713. The van der Waals surface area contributed by atoms with Crippen LogP contribution >= 0.6 is 0 Å². The summed E-state index contributed by atoms with van der Waals surface area (Å²) in [5, 5.41) is 13.8. The average Bonchev–Trinajstić information content (AvgIpc) is 3.24. The van der Waals surface area contributed by atoms with E-state index in [0.29, 0.717) is 6.04 Å². The molecule has 3 heterocycles. The molecule has 0 bridgehead atoms. The Balaban J connectivity index is 1.64. The van der Waals surface area contributed by atoms with E-state index in [1.807, 2.05) is 23.1 Å². The number of nitrogens with zero attached hydrogens (tertiary/aromatic N) is 5. The molecule has 2 aromatic heterocycles. The van der Waals surface area contributed by atoms with Crippen LogP contribution in [0, 0.1) is 11.3 Å². The average molecular weight is 293 g/mol. The lowest BCUT2D eigenvalue weighted by molar-refractivity contribution is 0.494. The highest BCUT2D eigenvalue weighted by Gasteiger charge is 2.28. The maximum atomic E-state index is 9.50. The van der Waals surface area contributed by atoms with E-state index in [1.54, 1.807) is 0 Å². The fourth-order valence-electron chi connectivity index (χ4n) is 3.59. The molecular weight excluding hydrogens is 274 g/mol. The van der Waals surface area contributed by atoms with E-state index < -0.39 is 0 Å². The molecule has 0 N–H and O–H groups in total. The van der Waals surface area contributed by atoms with E-state index in [4.69, 9.17) is 4.98 Å². The minimum absolute atomic E-state index is 0.374. The maximum absolute atomic E-state index is 9.50. The molecule has 22 heavy (non-hydrogen) atoms.